The predicted molar refractivity (Wildman–Crippen MR) is 39.1 cm³/mol. The summed E-state index contributed by atoms with van der Waals surface area (Å²) in [6.45, 7) is 2.02. The third kappa shape index (κ3) is 2.33. The molecule has 3 nitrogen and oxygen atoms in total. The van der Waals surface area contributed by atoms with Gasteiger partial charge in [-0.05, 0) is 12.3 Å². The molecule has 1 N–H and O–H groups in total. The maximum atomic E-state index is 11.1. The highest BCUT2D eigenvalue weighted by atomic mass is 16.4. The van der Waals surface area contributed by atoms with Crippen molar-refractivity contribution in [1.29, 1.82) is 0 Å². The number of carbonyl (C=O) groups is 2. The molecule has 0 saturated heterocycles. The van der Waals surface area contributed by atoms with Crippen LogP contribution in [0.5, 0.6) is 0 Å². The molecule has 0 amide bonds. The summed E-state index contributed by atoms with van der Waals surface area (Å²) in [6.07, 6.45) is 1.16. The molecular weight excluding hydrogens is 144 g/mol. The van der Waals surface area contributed by atoms with Gasteiger partial charge in [-0.3, -0.25) is 9.59 Å². The van der Waals surface area contributed by atoms with E-state index in [0.717, 1.165) is 6.42 Å². The zero-order valence-corrected chi connectivity index (χ0v) is 6.54. The minimum absolute atomic E-state index is 0.0119. The molecule has 1 aliphatic carbocycles. The lowest BCUT2D eigenvalue weighted by atomic mass is 10.1. The number of carbonyl (C=O) groups excluding carboxylic acids is 1. The maximum absolute atomic E-state index is 11.1. The number of carboxylic acids is 1. The number of hydrogen-bond donors (Lipinski definition) is 1. The third-order valence-corrected chi connectivity index (χ3v) is 2.11. The Morgan fingerprint density at radius 2 is 2.00 bits per heavy atom. The van der Waals surface area contributed by atoms with E-state index in [1.807, 2.05) is 6.92 Å². The van der Waals surface area contributed by atoms with Crippen molar-refractivity contribution in [3.63, 3.8) is 0 Å². The summed E-state index contributed by atoms with van der Waals surface area (Å²) >= 11 is 0. The van der Waals surface area contributed by atoms with E-state index >= 15 is 0 Å². The molecule has 1 rings (SSSR count). The van der Waals surface area contributed by atoms with E-state index in [4.69, 9.17) is 5.11 Å². The van der Waals surface area contributed by atoms with Gasteiger partial charge in [0.2, 0.25) is 0 Å². The van der Waals surface area contributed by atoms with Crippen LogP contribution in [0.4, 0.5) is 0 Å². The highest BCUT2D eigenvalue weighted by molar-refractivity contribution is 5.86. The van der Waals surface area contributed by atoms with Crippen molar-refractivity contribution in [2.75, 3.05) is 0 Å². The van der Waals surface area contributed by atoms with Gasteiger partial charge in [0.1, 0.15) is 5.78 Å². The molecular formula is C8H12O3. The first-order valence-electron chi connectivity index (χ1n) is 3.85. The average Bonchev–Trinajstić information content (AvgIpc) is 2.61. The van der Waals surface area contributed by atoms with Gasteiger partial charge in [0.15, 0.2) is 0 Å². The zero-order chi connectivity index (χ0) is 8.43. The van der Waals surface area contributed by atoms with Crippen LogP contribution in [0.3, 0.4) is 0 Å². The van der Waals surface area contributed by atoms with Crippen LogP contribution in [0.15, 0.2) is 0 Å². The monoisotopic (exact) mass is 156 g/mol. The van der Waals surface area contributed by atoms with Crippen LogP contribution in [-0.4, -0.2) is 16.9 Å². The first-order chi connectivity index (χ1) is 5.11. The van der Waals surface area contributed by atoms with Crippen LogP contribution >= 0.6 is 0 Å². The van der Waals surface area contributed by atoms with Crippen LogP contribution in [0.25, 0.3) is 0 Å². The predicted octanol–water partition coefficient (Wildman–Crippen LogP) is 1.08. The molecule has 1 saturated carbocycles. The quantitative estimate of drug-likeness (QED) is 0.662. The van der Waals surface area contributed by atoms with Crippen LogP contribution in [-0.2, 0) is 9.59 Å². The number of rotatable bonds is 4. The third-order valence-electron chi connectivity index (χ3n) is 2.11. The molecule has 0 aromatic carbocycles. The van der Waals surface area contributed by atoms with Gasteiger partial charge in [-0.25, -0.2) is 0 Å². The Bertz CT molecular complexity index is 186. The Morgan fingerprint density at radius 1 is 1.45 bits per heavy atom. The van der Waals surface area contributed by atoms with E-state index in [1.54, 1.807) is 0 Å². The second-order valence-corrected chi connectivity index (χ2v) is 3.18. The van der Waals surface area contributed by atoms with Crippen LogP contribution in [0.2, 0.25) is 0 Å². The first kappa shape index (κ1) is 8.24. The van der Waals surface area contributed by atoms with Gasteiger partial charge < -0.3 is 5.11 Å². The van der Waals surface area contributed by atoms with Crippen molar-refractivity contribution in [2.24, 2.45) is 11.8 Å². The number of aliphatic carboxylic acids is 1. The molecule has 0 aromatic heterocycles. The van der Waals surface area contributed by atoms with Gasteiger partial charge in [0.25, 0.3) is 0 Å². The SMILES string of the molecule is CC1CC1C(=O)CCC(=O)O. The fourth-order valence-corrected chi connectivity index (χ4v) is 1.19. The standard InChI is InChI=1S/C8H12O3/c1-5-4-6(5)7(9)2-3-8(10)11/h5-6H,2-4H2,1H3,(H,10,11). The summed E-state index contributed by atoms with van der Waals surface area (Å²) in [6, 6.07) is 0. The molecule has 2 atom stereocenters. The second kappa shape index (κ2) is 3.03. The summed E-state index contributed by atoms with van der Waals surface area (Å²) in [5, 5.41) is 8.28. The van der Waals surface area contributed by atoms with Crippen molar-refractivity contribution in [3.05, 3.63) is 0 Å². The molecule has 62 valence electrons. The molecule has 0 aromatic rings. The maximum Gasteiger partial charge on any atom is 0.303 e. The van der Waals surface area contributed by atoms with Crippen LogP contribution < -0.4 is 0 Å². The van der Waals surface area contributed by atoms with Gasteiger partial charge in [-0.15, -0.1) is 0 Å². The number of hydrogen-bond acceptors (Lipinski definition) is 2. The molecule has 0 spiro atoms. The summed E-state index contributed by atoms with van der Waals surface area (Å²) < 4.78 is 0. The zero-order valence-electron chi connectivity index (χ0n) is 6.54. The van der Waals surface area contributed by atoms with Crippen LogP contribution in [0.1, 0.15) is 26.2 Å². The summed E-state index contributed by atoms with van der Waals surface area (Å²) in [5.74, 6) is -0.0859. The Hall–Kier alpha value is -0.860. The molecule has 0 heterocycles. The van der Waals surface area contributed by atoms with Gasteiger partial charge >= 0.3 is 5.97 Å². The molecule has 11 heavy (non-hydrogen) atoms. The summed E-state index contributed by atoms with van der Waals surface area (Å²) in [7, 11) is 0. The normalized spacial score (nSPS) is 28.1. The molecule has 3 heteroatoms. The van der Waals surface area contributed by atoms with Crippen LogP contribution in [0, 0.1) is 11.8 Å². The number of ketones is 1. The van der Waals surface area contributed by atoms with E-state index in [-0.39, 0.29) is 24.5 Å². The number of Topliss-reactive ketones (excluding diaryl/α,β-unsaturated/α-hetero) is 1. The van der Waals surface area contributed by atoms with Gasteiger partial charge in [-0.1, -0.05) is 6.92 Å². The largest absolute Gasteiger partial charge is 0.481 e. The Kier molecular flexibility index (Phi) is 2.27. The highest BCUT2D eigenvalue weighted by Gasteiger charge is 2.38. The fourth-order valence-electron chi connectivity index (χ4n) is 1.19. The van der Waals surface area contributed by atoms with Crippen molar-refractivity contribution in [2.45, 2.75) is 26.2 Å². The van der Waals surface area contributed by atoms with E-state index in [2.05, 4.69) is 0 Å². The molecule has 0 radical (unpaired) electrons. The summed E-state index contributed by atoms with van der Waals surface area (Å²) in [5.41, 5.74) is 0. The molecule has 0 bridgehead atoms. The lowest BCUT2D eigenvalue weighted by Gasteiger charge is -1.93. The van der Waals surface area contributed by atoms with Gasteiger partial charge in [-0.2, -0.15) is 0 Å². The van der Waals surface area contributed by atoms with Crippen molar-refractivity contribution < 1.29 is 14.7 Å². The summed E-state index contributed by atoms with van der Waals surface area (Å²) in [4.78, 5) is 21.1. The molecule has 1 aliphatic rings. The lowest BCUT2D eigenvalue weighted by molar-refractivity contribution is -0.138. The van der Waals surface area contributed by atoms with E-state index in [9.17, 15) is 9.59 Å². The Morgan fingerprint density at radius 3 is 2.36 bits per heavy atom. The molecule has 0 aliphatic heterocycles. The first-order valence-corrected chi connectivity index (χ1v) is 3.85. The van der Waals surface area contributed by atoms with Crippen molar-refractivity contribution >= 4 is 11.8 Å². The van der Waals surface area contributed by atoms with E-state index in [0.29, 0.717) is 5.92 Å². The topological polar surface area (TPSA) is 54.4 Å². The Balaban J connectivity index is 2.17. The van der Waals surface area contributed by atoms with Gasteiger partial charge in [0, 0.05) is 12.3 Å². The highest BCUT2D eigenvalue weighted by Crippen LogP contribution is 2.39. The van der Waals surface area contributed by atoms with Gasteiger partial charge in [0.05, 0.1) is 6.42 Å². The fraction of sp³-hybridized carbons (Fsp3) is 0.750. The number of carboxylic acid groups (broad SMARTS) is 1. The van der Waals surface area contributed by atoms with E-state index < -0.39 is 5.97 Å². The molecule has 1 fully saturated rings. The minimum atomic E-state index is -0.883. The van der Waals surface area contributed by atoms with E-state index in [1.165, 1.54) is 0 Å². The van der Waals surface area contributed by atoms with Crippen molar-refractivity contribution in [1.82, 2.24) is 0 Å². The van der Waals surface area contributed by atoms with Crippen molar-refractivity contribution in [3.8, 4) is 0 Å². The average molecular weight is 156 g/mol. The molecule has 2 unspecified atom stereocenters. The Labute approximate surface area is 65.4 Å². The smallest absolute Gasteiger partial charge is 0.303 e. The minimum Gasteiger partial charge on any atom is -0.481 e. The lowest BCUT2D eigenvalue weighted by Crippen LogP contribution is -2.05. The second-order valence-electron chi connectivity index (χ2n) is 3.18.